The van der Waals surface area contributed by atoms with Crippen molar-refractivity contribution in [2.24, 2.45) is 0 Å². The summed E-state index contributed by atoms with van der Waals surface area (Å²) in [5.74, 6) is 0.960. The van der Waals surface area contributed by atoms with Gasteiger partial charge in [0.2, 0.25) is 0 Å². The summed E-state index contributed by atoms with van der Waals surface area (Å²) in [6.45, 7) is 5.19. The molecule has 0 spiro atoms. The number of hydrogen-bond acceptors (Lipinski definition) is 2. The number of rotatable bonds is 11. The van der Waals surface area contributed by atoms with E-state index in [1.807, 2.05) is 0 Å². The van der Waals surface area contributed by atoms with Gasteiger partial charge in [0.15, 0.2) is 0 Å². The van der Waals surface area contributed by atoms with Gasteiger partial charge >= 0.3 is 0 Å². The van der Waals surface area contributed by atoms with Crippen molar-refractivity contribution in [3.05, 3.63) is 29.8 Å². The van der Waals surface area contributed by atoms with Crippen LogP contribution in [0.15, 0.2) is 24.3 Å². The molecule has 1 saturated heterocycles. The molecule has 0 aromatic heterocycles. The fraction of sp³-hybridized carbons (Fsp3) is 0.684. The predicted octanol–water partition coefficient (Wildman–Crippen LogP) is 5.15. The molecule has 1 aromatic carbocycles. The number of epoxide rings is 1. The van der Waals surface area contributed by atoms with Crippen molar-refractivity contribution in [1.29, 1.82) is 0 Å². The Morgan fingerprint density at radius 2 is 1.67 bits per heavy atom. The molecule has 21 heavy (non-hydrogen) atoms. The third kappa shape index (κ3) is 6.52. The maximum atomic E-state index is 5.85. The third-order valence-electron chi connectivity index (χ3n) is 4.20. The van der Waals surface area contributed by atoms with Crippen LogP contribution in [-0.2, 0) is 11.2 Å². The Morgan fingerprint density at radius 1 is 1.05 bits per heavy atom. The highest BCUT2D eigenvalue weighted by molar-refractivity contribution is 5.27. The summed E-state index contributed by atoms with van der Waals surface area (Å²) in [6, 6.07) is 8.59. The van der Waals surface area contributed by atoms with Crippen LogP contribution in [0.5, 0.6) is 5.75 Å². The molecular weight excluding hydrogens is 260 g/mol. The van der Waals surface area contributed by atoms with E-state index in [1.54, 1.807) is 0 Å². The largest absolute Gasteiger partial charge is 0.488 e. The summed E-state index contributed by atoms with van der Waals surface area (Å²) in [5, 5.41) is 0. The van der Waals surface area contributed by atoms with Gasteiger partial charge in [0.05, 0.1) is 6.61 Å². The van der Waals surface area contributed by atoms with Gasteiger partial charge in [-0.3, -0.25) is 0 Å². The predicted molar refractivity (Wildman–Crippen MR) is 88.0 cm³/mol. The first-order chi connectivity index (χ1) is 10.3. The maximum Gasteiger partial charge on any atom is 0.124 e. The van der Waals surface area contributed by atoms with Crippen LogP contribution >= 0.6 is 0 Å². The Bertz CT molecular complexity index is 381. The number of unbranched alkanes of at least 4 members (excludes halogenated alkanes) is 6. The van der Waals surface area contributed by atoms with E-state index in [0.29, 0.717) is 6.10 Å². The van der Waals surface area contributed by atoms with Crippen LogP contribution in [0.2, 0.25) is 0 Å². The summed E-state index contributed by atoms with van der Waals surface area (Å²) in [6.07, 6.45) is 11.3. The molecule has 0 amide bonds. The smallest absolute Gasteiger partial charge is 0.124 e. The lowest BCUT2D eigenvalue weighted by Crippen LogP contribution is -2.18. The summed E-state index contributed by atoms with van der Waals surface area (Å²) < 4.78 is 11.1. The molecule has 1 heterocycles. The van der Waals surface area contributed by atoms with Gasteiger partial charge in [-0.1, -0.05) is 57.6 Å². The van der Waals surface area contributed by atoms with Gasteiger partial charge in [0.1, 0.15) is 18.0 Å². The molecule has 0 N–H and O–H groups in total. The van der Waals surface area contributed by atoms with Gasteiger partial charge in [-0.2, -0.15) is 0 Å². The van der Waals surface area contributed by atoms with Gasteiger partial charge in [-0.25, -0.2) is 0 Å². The Labute approximate surface area is 129 Å². The van der Waals surface area contributed by atoms with Gasteiger partial charge in [-0.05, 0) is 37.5 Å². The van der Waals surface area contributed by atoms with Crippen LogP contribution in [0.3, 0.4) is 0 Å². The minimum atomic E-state index is 0.166. The third-order valence-corrected chi connectivity index (χ3v) is 4.20. The summed E-state index contributed by atoms with van der Waals surface area (Å²) in [5.41, 5.74) is 1.42. The quantitative estimate of drug-likeness (QED) is 0.415. The van der Waals surface area contributed by atoms with E-state index in [-0.39, 0.29) is 6.10 Å². The van der Waals surface area contributed by atoms with Gasteiger partial charge in [-0.15, -0.1) is 0 Å². The van der Waals surface area contributed by atoms with Gasteiger partial charge in [0, 0.05) is 0 Å². The van der Waals surface area contributed by atoms with E-state index >= 15 is 0 Å². The monoisotopic (exact) mass is 290 g/mol. The van der Waals surface area contributed by atoms with Gasteiger partial charge in [0.25, 0.3) is 0 Å². The zero-order valence-corrected chi connectivity index (χ0v) is 13.6. The van der Waals surface area contributed by atoms with E-state index in [0.717, 1.165) is 12.4 Å². The molecule has 0 aliphatic carbocycles. The molecule has 2 rings (SSSR count). The number of hydrogen-bond donors (Lipinski definition) is 0. The van der Waals surface area contributed by atoms with E-state index in [9.17, 15) is 0 Å². The highest BCUT2D eigenvalue weighted by atomic mass is 16.6. The second kappa shape index (κ2) is 9.09. The Morgan fingerprint density at radius 3 is 2.29 bits per heavy atom. The molecule has 1 fully saturated rings. The van der Waals surface area contributed by atoms with Crippen LogP contribution in [0.1, 0.15) is 64.4 Å². The van der Waals surface area contributed by atoms with Crippen molar-refractivity contribution < 1.29 is 9.47 Å². The van der Waals surface area contributed by atoms with Crippen LogP contribution < -0.4 is 4.74 Å². The number of benzene rings is 1. The van der Waals surface area contributed by atoms with E-state index in [1.165, 1.54) is 56.9 Å². The zero-order chi connectivity index (χ0) is 14.9. The second-order valence-corrected chi connectivity index (χ2v) is 6.21. The molecule has 1 aliphatic heterocycles. The van der Waals surface area contributed by atoms with Crippen LogP contribution in [-0.4, -0.2) is 18.8 Å². The highest BCUT2D eigenvalue weighted by Gasteiger charge is 2.30. The number of ether oxygens (including phenoxy) is 2. The normalized spacial score (nSPS) is 18.5. The Balaban J connectivity index is 1.58. The summed E-state index contributed by atoms with van der Waals surface area (Å²) >= 11 is 0. The van der Waals surface area contributed by atoms with Crippen molar-refractivity contribution in [2.45, 2.75) is 77.4 Å². The fourth-order valence-electron chi connectivity index (χ4n) is 2.64. The molecule has 1 aromatic rings. The van der Waals surface area contributed by atoms with Crippen molar-refractivity contribution in [1.82, 2.24) is 0 Å². The van der Waals surface area contributed by atoms with Crippen LogP contribution in [0.4, 0.5) is 0 Å². The van der Waals surface area contributed by atoms with Crippen molar-refractivity contribution in [2.75, 3.05) is 6.61 Å². The fourth-order valence-corrected chi connectivity index (χ4v) is 2.64. The number of aryl methyl sites for hydroxylation is 1. The molecule has 0 bridgehead atoms. The van der Waals surface area contributed by atoms with Crippen molar-refractivity contribution in [3.63, 3.8) is 0 Å². The van der Waals surface area contributed by atoms with E-state index < -0.39 is 0 Å². The topological polar surface area (TPSA) is 21.8 Å². The average molecular weight is 290 g/mol. The lowest BCUT2D eigenvalue weighted by Gasteiger charge is -2.12. The SMILES string of the molecule is CCCCCCCCCc1ccc(OC(C)C2CO2)cc1. The highest BCUT2D eigenvalue weighted by Crippen LogP contribution is 2.21. The molecule has 0 radical (unpaired) electrons. The first kappa shape index (κ1) is 16.4. The molecule has 118 valence electrons. The van der Waals surface area contributed by atoms with Crippen LogP contribution in [0.25, 0.3) is 0 Å². The Hall–Kier alpha value is -1.02. The maximum absolute atomic E-state index is 5.85. The van der Waals surface area contributed by atoms with E-state index in [2.05, 4.69) is 38.1 Å². The first-order valence-corrected chi connectivity index (χ1v) is 8.67. The Kier molecular flexibility index (Phi) is 7.08. The van der Waals surface area contributed by atoms with Crippen LogP contribution in [0, 0.1) is 0 Å². The first-order valence-electron chi connectivity index (χ1n) is 8.67. The molecule has 0 saturated carbocycles. The second-order valence-electron chi connectivity index (χ2n) is 6.21. The molecule has 2 nitrogen and oxygen atoms in total. The standard InChI is InChI=1S/C19H30O2/c1-3-4-5-6-7-8-9-10-17-11-13-18(14-12-17)21-16(2)19-15-20-19/h11-14,16,19H,3-10,15H2,1-2H3. The zero-order valence-electron chi connectivity index (χ0n) is 13.6. The molecule has 2 heteroatoms. The molecular formula is C19H30O2. The molecule has 2 unspecified atom stereocenters. The minimum absolute atomic E-state index is 0.166. The average Bonchev–Trinajstić information content (AvgIpc) is 3.33. The minimum Gasteiger partial charge on any atom is -0.488 e. The van der Waals surface area contributed by atoms with E-state index in [4.69, 9.17) is 9.47 Å². The lowest BCUT2D eigenvalue weighted by atomic mass is 10.0. The molecule has 1 aliphatic rings. The lowest BCUT2D eigenvalue weighted by molar-refractivity contribution is 0.176. The van der Waals surface area contributed by atoms with Crippen molar-refractivity contribution in [3.8, 4) is 5.75 Å². The van der Waals surface area contributed by atoms with Crippen molar-refractivity contribution >= 4 is 0 Å². The summed E-state index contributed by atoms with van der Waals surface area (Å²) in [7, 11) is 0. The summed E-state index contributed by atoms with van der Waals surface area (Å²) in [4.78, 5) is 0. The molecule has 2 atom stereocenters. The van der Waals surface area contributed by atoms with Gasteiger partial charge < -0.3 is 9.47 Å².